The molecule has 0 unspecified atom stereocenters. The average molecular weight is 399 g/mol. The van der Waals surface area contributed by atoms with Crippen LogP contribution in [0.4, 0.5) is 13.2 Å². The molecule has 2 saturated heterocycles. The summed E-state index contributed by atoms with van der Waals surface area (Å²) in [6.07, 6.45) is -2.31. The SMILES string of the molecule is CC1(C)O[C@@H]2[C@@H](CN(C(=O)C(F)(F)F)[C@H]2/C=C/CCOCc2ccccc2)O1. The molecule has 0 saturated carbocycles. The number of rotatable bonds is 6. The highest BCUT2D eigenvalue weighted by Gasteiger charge is 2.56. The first-order valence-electron chi connectivity index (χ1n) is 9.19. The van der Waals surface area contributed by atoms with Crippen molar-refractivity contribution in [2.75, 3.05) is 13.2 Å². The normalized spacial score (nSPS) is 26.8. The van der Waals surface area contributed by atoms with Gasteiger partial charge in [-0.25, -0.2) is 0 Å². The number of halogens is 3. The van der Waals surface area contributed by atoms with E-state index in [0.29, 0.717) is 19.6 Å². The number of ether oxygens (including phenoxy) is 3. The van der Waals surface area contributed by atoms with Gasteiger partial charge in [0.2, 0.25) is 0 Å². The van der Waals surface area contributed by atoms with Crippen molar-refractivity contribution >= 4 is 5.91 Å². The maximum atomic E-state index is 12.9. The predicted molar refractivity (Wildman–Crippen MR) is 95.2 cm³/mol. The molecule has 0 aliphatic carbocycles. The zero-order valence-electron chi connectivity index (χ0n) is 15.8. The van der Waals surface area contributed by atoms with E-state index in [1.807, 2.05) is 30.3 Å². The van der Waals surface area contributed by atoms with Crippen molar-refractivity contribution < 1.29 is 32.2 Å². The Morgan fingerprint density at radius 1 is 1.29 bits per heavy atom. The summed E-state index contributed by atoms with van der Waals surface area (Å²) in [7, 11) is 0. The van der Waals surface area contributed by atoms with Crippen LogP contribution in [-0.2, 0) is 25.6 Å². The molecule has 2 aliphatic rings. The quantitative estimate of drug-likeness (QED) is 0.543. The van der Waals surface area contributed by atoms with Gasteiger partial charge in [0.1, 0.15) is 12.2 Å². The Kier molecular flexibility index (Phi) is 6.12. The van der Waals surface area contributed by atoms with E-state index in [1.54, 1.807) is 26.0 Å². The maximum absolute atomic E-state index is 12.9. The molecule has 2 heterocycles. The third-order valence-corrected chi connectivity index (χ3v) is 4.67. The summed E-state index contributed by atoms with van der Waals surface area (Å²) >= 11 is 0. The molecule has 0 bridgehead atoms. The van der Waals surface area contributed by atoms with Gasteiger partial charge in [-0.3, -0.25) is 4.79 Å². The van der Waals surface area contributed by atoms with Crippen LogP contribution in [0, 0.1) is 0 Å². The molecule has 3 atom stereocenters. The number of fused-ring (bicyclic) bond motifs is 1. The first-order chi connectivity index (χ1) is 13.2. The second-order valence-corrected chi connectivity index (χ2v) is 7.34. The van der Waals surface area contributed by atoms with E-state index in [-0.39, 0.29) is 6.54 Å². The van der Waals surface area contributed by atoms with Crippen LogP contribution in [0.2, 0.25) is 0 Å². The average Bonchev–Trinajstić information content (AvgIpc) is 3.09. The van der Waals surface area contributed by atoms with Crippen molar-refractivity contribution in [3.05, 3.63) is 48.0 Å². The minimum atomic E-state index is -4.93. The molecule has 3 rings (SSSR count). The smallest absolute Gasteiger partial charge is 0.376 e. The predicted octanol–water partition coefficient (Wildman–Crippen LogP) is 3.44. The van der Waals surface area contributed by atoms with Crippen molar-refractivity contribution in [2.24, 2.45) is 0 Å². The van der Waals surface area contributed by atoms with Crippen LogP contribution in [0.5, 0.6) is 0 Å². The number of amides is 1. The maximum Gasteiger partial charge on any atom is 0.471 e. The lowest BCUT2D eigenvalue weighted by atomic mass is 10.1. The number of nitrogens with zero attached hydrogens (tertiary/aromatic N) is 1. The van der Waals surface area contributed by atoms with Gasteiger partial charge in [-0.05, 0) is 25.8 Å². The van der Waals surface area contributed by atoms with E-state index in [0.717, 1.165) is 10.5 Å². The fourth-order valence-corrected chi connectivity index (χ4v) is 3.53. The molecular formula is C20H24F3NO4. The highest BCUT2D eigenvalue weighted by Crippen LogP contribution is 2.38. The molecule has 1 aromatic rings. The Hall–Kier alpha value is -1.90. The van der Waals surface area contributed by atoms with Crippen molar-refractivity contribution in [1.29, 1.82) is 0 Å². The Morgan fingerprint density at radius 3 is 2.68 bits per heavy atom. The minimum absolute atomic E-state index is 0.147. The van der Waals surface area contributed by atoms with Gasteiger partial charge in [-0.15, -0.1) is 0 Å². The largest absolute Gasteiger partial charge is 0.471 e. The minimum Gasteiger partial charge on any atom is -0.376 e. The topological polar surface area (TPSA) is 48.0 Å². The molecule has 5 nitrogen and oxygen atoms in total. The van der Waals surface area contributed by atoms with Crippen molar-refractivity contribution in [3.63, 3.8) is 0 Å². The number of carbonyl (C=O) groups excluding carboxylic acids is 1. The van der Waals surface area contributed by atoms with Crippen LogP contribution >= 0.6 is 0 Å². The molecule has 1 aromatic carbocycles. The van der Waals surface area contributed by atoms with Crippen LogP contribution in [0.15, 0.2) is 42.5 Å². The van der Waals surface area contributed by atoms with Crippen LogP contribution < -0.4 is 0 Å². The molecule has 0 N–H and O–H groups in total. The Bertz CT molecular complexity index is 705. The monoisotopic (exact) mass is 399 g/mol. The number of hydrogen-bond acceptors (Lipinski definition) is 4. The standard InChI is InChI=1S/C20H24F3NO4/c1-19(2)27-16-12-24(18(25)20(21,22)23)15(17(16)28-19)10-6-7-11-26-13-14-8-4-3-5-9-14/h3-6,8-10,15-17H,7,11-13H2,1-2H3/b10-6+/t15-,16+,17-/m0/s1. The molecule has 0 aromatic heterocycles. The zero-order chi connectivity index (χ0) is 20.4. The molecule has 154 valence electrons. The highest BCUT2D eigenvalue weighted by molar-refractivity contribution is 5.83. The molecule has 2 fully saturated rings. The molecule has 8 heteroatoms. The second-order valence-electron chi connectivity index (χ2n) is 7.34. The molecule has 0 spiro atoms. The fraction of sp³-hybridized carbons (Fsp3) is 0.550. The molecule has 28 heavy (non-hydrogen) atoms. The van der Waals surface area contributed by atoms with Crippen molar-refractivity contribution in [3.8, 4) is 0 Å². The van der Waals surface area contributed by atoms with Crippen LogP contribution in [0.25, 0.3) is 0 Å². The Labute approximate surface area is 162 Å². The zero-order valence-corrected chi connectivity index (χ0v) is 15.8. The van der Waals surface area contributed by atoms with Crippen molar-refractivity contribution in [2.45, 2.75) is 57.1 Å². The van der Waals surface area contributed by atoms with Gasteiger partial charge < -0.3 is 19.1 Å². The lowest BCUT2D eigenvalue weighted by Gasteiger charge is -2.28. The molecule has 0 radical (unpaired) electrons. The summed E-state index contributed by atoms with van der Waals surface area (Å²) in [4.78, 5) is 12.6. The number of benzene rings is 1. The van der Waals surface area contributed by atoms with E-state index >= 15 is 0 Å². The van der Waals surface area contributed by atoms with Gasteiger partial charge >= 0.3 is 12.1 Å². The summed E-state index contributed by atoms with van der Waals surface area (Å²) < 4.78 is 55.8. The number of hydrogen-bond donors (Lipinski definition) is 0. The second kappa shape index (κ2) is 8.23. The molecule has 2 aliphatic heterocycles. The van der Waals surface area contributed by atoms with E-state index in [9.17, 15) is 18.0 Å². The third kappa shape index (κ3) is 4.92. The third-order valence-electron chi connectivity index (χ3n) is 4.67. The Morgan fingerprint density at radius 2 is 2.00 bits per heavy atom. The summed E-state index contributed by atoms with van der Waals surface area (Å²) in [6.45, 7) is 4.15. The summed E-state index contributed by atoms with van der Waals surface area (Å²) in [5, 5.41) is 0. The van der Waals surface area contributed by atoms with Crippen LogP contribution in [-0.4, -0.2) is 54.2 Å². The first-order valence-corrected chi connectivity index (χ1v) is 9.19. The number of carbonyl (C=O) groups is 1. The highest BCUT2D eigenvalue weighted by atomic mass is 19.4. The molecular weight excluding hydrogens is 375 g/mol. The van der Waals surface area contributed by atoms with Gasteiger partial charge in [-0.1, -0.05) is 42.5 Å². The van der Waals surface area contributed by atoms with Crippen LogP contribution in [0.3, 0.4) is 0 Å². The lowest BCUT2D eigenvalue weighted by molar-refractivity contribution is -0.193. The lowest BCUT2D eigenvalue weighted by Crippen LogP contribution is -2.46. The van der Waals surface area contributed by atoms with Gasteiger partial charge in [0.05, 0.1) is 25.8 Å². The number of alkyl halides is 3. The van der Waals surface area contributed by atoms with E-state index < -0.39 is 36.1 Å². The van der Waals surface area contributed by atoms with Gasteiger partial charge in [0.15, 0.2) is 5.79 Å². The van der Waals surface area contributed by atoms with E-state index in [1.165, 1.54) is 0 Å². The summed E-state index contributed by atoms with van der Waals surface area (Å²) in [6, 6.07) is 8.85. The first kappa shape index (κ1) is 20.8. The van der Waals surface area contributed by atoms with Gasteiger partial charge in [0.25, 0.3) is 0 Å². The van der Waals surface area contributed by atoms with E-state index in [4.69, 9.17) is 14.2 Å². The Balaban J connectivity index is 1.57. The fourth-order valence-electron chi connectivity index (χ4n) is 3.53. The van der Waals surface area contributed by atoms with Crippen molar-refractivity contribution in [1.82, 2.24) is 4.90 Å². The molecule has 1 amide bonds. The number of likely N-dealkylation sites (tertiary alicyclic amines) is 1. The van der Waals surface area contributed by atoms with Crippen LogP contribution in [0.1, 0.15) is 25.8 Å². The van der Waals surface area contributed by atoms with Gasteiger partial charge in [0, 0.05) is 0 Å². The van der Waals surface area contributed by atoms with Gasteiger partial charge in [-0.2, -0.15) is 13.2 Å². The summed E-state index contributed by atoms with van der Waals surface area (Å²) in [5.74, 6) is -2.75. The van der Waals surface area contributed by atoms with E-state index in [2.05, 4.69) is 0 Å². The summed E-state index contributed by atoms with van der Waals surface area (Å²) in [5.41, 5.74) is 1.05.